The first-order valence-corrected chi connectivity index (χ1v) is 8.26. The lowest BCUT2D eigenvalue weighted by Gasteiger charge is -2.22. The van der Waals surface area contributed by atoms with Gasteiger partial charge in [0.2, 0.25) is 0 Å². The third-order valence-corrected chi connectivity index (χ3v) is 4.24. The topological polar surface area (TPSA) is 15.3 Å². The first-order chi connectivity index (χ1) is 11.2. The van der Waals surface area contributed by atoms with Crippen molar-refractivity contribution < 1.29 is 0 Å². The van der Waals surface area contributed by atoms with E-state index in [4.69, 9.17) is 0 Å². The van der Waals surface area contributed by atoms with Gasteiger partial charge >= 0.3 is 0 Å². The van der Waals surface area contributed by atoms with Crippen molar-refractivity contribution in [2.45, 2.75) is 27.2 Å². The maximum absolute atomic E-state index is 3.30. The van der Waals surface area contributed by atoms with Gasteiger partial charge in [-0.1, -0.05) is 48.9 Å². The first-order valence-electron chi connectivity index (χ1n) is 8.26. The van der Waals surface area contributed by atoms with E-state index in [1.165, 1.54) is 33.5 Å². The molecule has 2 heterocycles. The molecule has 2 aliphatic heterocycles. The van der Waals surface area contributed by atoms with Crippen LogP contribution in [-0.2, 0) is 0 Å². The summed E-state index contributed by atoms with van der Waals surface area (Å²) in [5, 5.41) is 2.08. The molecule has 0 amide bonds. The number of hydrogen-bond donors (Lipinski definition) is 1. The predicted molar refractivity (Wildman–Crippen MR) is 98.4 cm³/mol. The molecule has 0 bridgehead atoms. The van der Waals surface area contributed by atoms with Crippen LogP contribution in [0.15, 0.2) is 77.7 Å². The Hall–Kier alpha value is -2.32. The zero-order valence-corrected chi connectivity index (χ0v) is 14.1. The number of fused-ring (bicyclic) bond motifs is 1. The number of aryl methyl sites for hydroxylation is 1. The molecule has 118 valence electrons. The van der Waals surface area contributed by atoms with Crippen molar-refractivity contribution in [3.8, 4) is 0 Å². The van der Waals surface area contributed by atoms with Gasteiger partial charge in [0, 0.05) is 12.7 Å². The van der Waals surface area contributed by atoms with Gasteiger partial charge in [0.05, 0.1) is 5.70 Å². The van der Waals surface area contributed by atoms with E-state index >= 15 is 0 Å². The second kappa shape index (κ2) is 6.84. The average molecular weight is 304 g/mol. The maximum atomic E-state index is 3.30. The summed E-state index contributed by atoms with van der Waals surface area (Å²) in [7, 11) is 0. The second-order valence-corrected chi connectivity index (χ2v) is 6.00. The number of nitrogens with one attached hydrogen (secondary N) is 1. The molecule has 0 aliphatic carbocycles. The van der Waals surface area contributed by atoms with Crippen molar-refractivity contribution in [1.29, 1.82) is 0 Å². The molecule has 0 spiro atoms. The number of benzene rings is 1. The molecule has 3 rings (SSSR count). The second-order valence-electron chi connectivity index (χ2n) is 6.00. The molecule has 2 heteroatoms. The fourth-order valence-electron chi connectivity index (χ4n) is 2.94. The molecule has 0 unspecified atom stereocenters. The van der Waals surface area contributed by atoms with Gasteiger partial charge in [0.25, 0.3) is 0 Å². The minimum absolute atomic E-state index is 0.893. The number of allylic oxidation sites excluding steroid dienone is 7. The van der Waals surface area contributed by atoms with Gasteiger partial charge in [-0.25, -0.2) is 5.43 Å². The highest BCUT2D eigenvalue weighted by Gasteiger charge is 2.16. The van der Waals surface area contributed by atoms with Crippen LogP contribution in [0.3, 0.4) is 0 Å². The number of hydrazine groups is 1. The summed E-state index contributed by atoms with van der Waals surface area (Å²) in [5.41, 5.74) is 11.0. The molecule has 2 nitrogen and oxygen atoms in total. The molecular formula is C21H24N2. The SMILES string of the molecule is CC/C=C\C(C1=CC2=CCNN2C=C1)=C(/C)c1cccc(C)c1. The molecule has 0 saturated carbocycles. The van der Waals surface area contributed by atoms with Crippen molar-refractivity contribution >= 4 is 5.57 Å². The molecule has 2 aliphatic rings. The van der Waals surface area contributed by atoms with E-state index in [9.17, 15) is 0 Å². The van der Waals surface area contributed by atoms with Crippen LogP contribution in [-0.4, -0.2) is 11.6 Å². The predicted octanol–water partition coefficient (Wildman–Crippen LogP) is 4.89. The van der Waals surface area contributed by atoms with Crippen LogP contribution < -0.4 is 5.43 Å². The molecule has 0 fully saturated rings. The monoisotopic (exact) mass is 304 g/mol. The van der Waals surface area contributed by atoms with Gasteiger partial charge in [-0.3, -0.25) is 5.01 Å². The van der Waals surface area contributed by atoms with Gasteiger partial charge in [-0.05, 0) is 60.8 Å². The van der Waals surface area contributed by atoms with Gasteiger partial charge < -0.3 is 0 Å². The minimum atomic E-state index is 0.893. The van der Waals surface area contributed by atoms with Gasteiger partial charge in [0.15, 0.2) is 0 Å². The lowest BCUT2D eigenvalue weighted by Crippen LogP contribution is -2.27. The van der Waals surface area contributed by atoms with Crippen LogP contribution in [0.4, 0.5) is 0 Å². The summed E-state index contributed by atoms with van der Waals surface area (Å²) in [6.45, 7) is 7.42. The van der Waals surface area contributed by atoms with E-state index in [0.29, 0.717) is 0 Å². The third kappa shape index (κ3) is 3.38. The molecule has 1 N–H and O–H groups in total. The summed E-state index contributed by atoms with van der Waals surface area (Å²) < 4.78 is 0. The zero-order chi connectivity index (χ0) is 16.2. The highest BCUT2D eigenvalue weighted by atomic mass is 15.5. The zero-order valence-electron chi connectivity index (χ0n) is 14.1. The first kappa shape index (κ1) is 15.6. The molecule has 0 radical (unpaired) electrons. The van der Waals surface area contributed by atoms with E-state index in [1.807, 2.05) is 0 Å². The Morgan fingerprint density at radius 2 is 2.22 bits per heavy atom. The minimum Gasteiger partial charge on any atom is -0.284 e. The summed E-state index contributed by atoms with van der Waals surface area (Å²) >= 11 is 0. The van der Waals surface area contributed by atoms with Gasteiger partial charge in [0.1, 0.15) is 0 Å². The Morgan fingerprint density at radius 1 is 1.35 bits per heavy atom. The summed E-state index contributed by atoms with van der Waals surface area (Å²) in [6, 6.07) is 8.72. The van der Waals surface area contributed by atoms with E-state index in [0.717, 1.165) is 13.0 Å². The highest BCUT2D eigenvalue weighted by molar-refractivity contribution is 5.76. The van der Waals surface area contributed by atoms with Crippen molar-refractivity contribution in [1.82, 2.24) is 10.4 Å². The Kier molecular flexibility index (Phi) is 4.63. The Labute approximate surface area is 139 Å². The van der Waals surface area contributed by atoms with E-state index in [-0.39, 0.29) is 0 Å². The maximum Gasteiger partial charge on any atom is 0.0550 e. The molecular weight excluding hydrogens is 280 g/mol. The third-order valence-electron chi connectivity index (χ3n) is 4.24. The molecule has 1 aromatic rings. The highest BCUT2D eigenvalue weighted by Crippen LogP contribution is 2.30. The average Bonchev–Trinajstić information content (AvgIpc) is 3.03. The van der Waals surface area contributed by atoms with Gasteiger partial charge in [-0.2, -0.15) is 0 Å². The van der Waals surface area contributed by atoms with Crippen molar-refractivity contribution in [3.05, 3.63) is 88.8 Å². The fourth-order valence-corrected chi connectivity index (χ4v) is 2.94. The smallest absolute Gasteiger partial charge is 0.0550 e. The Morgan fingerprint density at radius 3 is 3.00 bits per heavy atom. The lowest BCUT2D eigenvalue weighted by molar-refractivity contribution is 0.394. The Bertz CT molecular complexity index is 745. The van der Waals surface area contributed by atoms with Crippen LogP contribution in [0.5, 0.6) is 0 Å². The quantitative estimate of drug-likeness (QED) is 0.797. The van der Waals surface area contributed by atoms with Crippen LogP contribution in [0.1, 0.15) is 31.4 Å². The van der Waals surface area contributed by atoms with Crippen molar-refractivity contribution in [2.24, 2.45) is 0 Å². The van der Waals surface area contributed by atoms with E-state index in [2.05, 4.69) is 92.1 Å². The largest absolute Gasteiger partial charge is 0.284 e. The molecule has 0 aromatic heterocycles. The summed E-state index contributed by atoms with van der Waals surface area (Å²) in [6.07, 6.45) is 14.3. The number of rotatable bonds is 4. The van der Waals surface area contributed by atoms with Crippen molar-refractivity contribution in [2.75, 3.05) is 6.54 Å². The van der Waals surface area contributed by atoms with E-state index < -0.39 is 0 Å². The van der Waals surface area contributed by atoms with E-state index in [1.54, 1.807) is 0 Å². The standard InChI is InChI=1S/C21H24N2/c1-4-5-9-21(17(3)18-8-6-7-16(2)14-18)19-11-13-23-20(15-19)10-12-22-23/h5-11,13-15,22H,4,12H2,1-3H3/b9-5-,21-17-. The fraction of sp³-hybridized carbons (Fsp3) is 0.238. The van der Waals surface area contributed by atoms with Gasteiger partial charge in [-0.15, -0.1) is 0 Å². The molecule has 23 heavy (non-hydrogen) atoms. The number of nitrogens with zero attached hydrogens (tertiary/aromatic N) is 1. The van der Waals surface area contributed by atoms with Crippen LogP contribution in [0.25, 0.3) is 5.57 Å². The van der Waals surface area contributed by atoms with Crippen LogP contribution >= 0.6 is 0 Å². The molecule has 1 aromatic carbocycles. The van der Waals surface area contributed by atoms with Crippen LogP contribution in [0.2, 0.25) is 0 Å². The molecule has 0 atom stereocenters. The molecule has 0 saturated heterocycles. The summed E-state index contributed by atoms with van der Waals surface area (Å²) in [5.74, 6) is 0. The lowest BCUT2D eigenvalue weighted by atomic mass is 9.93. The van der Waals surface area contributed by atoms with Crippen LogP contribution in [0, 0.1) is 6.92 Å². The summed E-state index contributed by atoms with van der Waals surface area (Å²) in [4.78, 5) is 0. The number of hydrogen-bond acceptors (Lipinski definition) is 2. The normalized spacial score (nSPS) is 18.0. The van der Waals surface area contributed by atoms with Crippen molar-refractivity contribution in [3.63, 3.8) is 0 Å². The Balaban J connectivity index is 2.06.